The van der Waals surface area contributed by atoms with Gasteiger partial charge in [-0.15, -0.1) is 0 Å². The molecule has 0 amide bonds. The average Bonchev–Trinajstić information content (AvgIpc) is 2.81. The first-order chi connectivity index (χ1) is 10.0. The van der Waals surface area contributed by atoms with Crippen LogP contribution in [0, 0.1) is 5.92 Å². The smallest absolute Gasteiger partial charge is 0.387 e. The van der Waals surface area contributed by atoms with Gasteiger partial charge < -0.3 is 9.47 Å². The summed E-state index contributed by atoms with van der Waals surface area (Å²) < 4.78 is 34.2. The maximum absolute atomic E-state index is 12.4. The summed E-state index contributed by atoms with van der Waals surface area (Å²) in [6.45, 7) is -1.01. The second kappa shape index (κ2) is 6.65. The topological polar surface area (TPSA) is 52.6 Å². The molecule has 1 saturated carbocycles. The predicted molar refractivity (Wildman–Crippen MR) is 70.2 cm³/mol. The van der Waals surface area contributed by atoms with Crippen molar-refractivity contribution in [3.05, 3.63) is 29.8 Å². The van der Waals surface area contributed by atoms with Crippen molar-refractivity contribution in [1.29, 1.82) is 0 Å². The number of para-hydroxylation sites is 1. The summed E-state index contributed by atoms with van der Waals surface area (Å²) >= 11 is 0. The number of ketones is 1. The zero-order valence-corrected chi connectivity index (χ0v) is 11.6. The summed E-state index contributed by atoms with van der Waals surface area (Å²) in [5.41, 5.74) is 0.398. The number of esters is 1. The number of halogens is 2. The molecule has 1 fully saturated rings. The van der Waals surface area contributed by atoms with E-state index in [0.717, 1.165) is 0 Å². The van der Waals surface area contributed by atoms with Crippen LogP contribution in [0.2, 0.25) is 0 Å². The highest BCUT2D eigenvalue weighted by atomic mass is 19.3. The molecule has 0 bridgehead atoms. The second-order valence-electron chi connectivity index (χ2n) is 4.82. The van der Waals surface area contributed by atoms with Crippen LogP contribution in [0.15, 0.2) is 24.3 Å². The third-order valence-corrected chi connectivity index (χ3v) is 3.49. The Balaban J connectivity index is 2.19. The van der Waals surface area contributed by atoms with Gasteiger partial charge in [0.2, 0.25) is 0 Å². The molecule has 0 saturated heterocycles. The highest BCUT2D eigenvalue weighted by molar-refractivity contribution is 5.93. The second-order valence-corrected chi connectivity index (χ2v) is 4.82. The lowest BCUT2D eigenvalue weighted by Gasteiger charge is -2.15. The largest absolute Gasteiger partial charge is 0.466 e. The molecule has 0 unspecified atom stereocenters. The Morgan fingerprint density at radius 3 is 2.76 bits per heavy atom. The highest BCUT2D eigenvalue weighted by Gasteiger charge is 2.39. The highest BCUT2D eigenvalue weighted by Crippen LogP contribution is 2.40. The van der Waals surface area contributed by atoms with E-state index in [1.54, 1.807) is 25.1 Å². The van der Waals surface area contributed by atoms with E-state index in [0.29, 0.717) is 5.56 Å². The van der Waals surface area contributed by atoms with E-state index in [1.165, 1.54) is 6.07 Å². The van der Waals surface area contributed by atoms with Crippen molar-refractivity contribution in [2.75, 3.05) is 6.61 Å². The maximum Gasteiger partial charge on any atom is 0.387 e. The van der Waals surface area contributed by atoms with Gasteiger partial charge in [0.1, 0.15) is 11.5 Å². The van der Waals surface area contributed by atoms with Gasteiger partial charge in [-0.25, -0.2) is 0 Å². The minimum absolute atomic E-state index is 0.0182. The summed E-state index contributed by atoms with van der Waals surface area (Å²) in [4.78, 5) is 23.8. The third-order valence-electron chi connectivity index (χ3n) is 3.49. The summed E-state index contributed by atoms with van der Waals surface area (Å²) in [5.74, 6) is -1.70. The molecule has 2 atom stereocenters. The number of ether oxygens (including phenoxy) is 2. The Hall–Kier alpha value is -1.98. The minimum Gasteiger partial charge on any atom is -0.466 e. The van der Waals surface area contributed by atoms with Crippen LogP contribution in [0.4, 0.5) is 8.78 Å². The molecule has 21 heavy (non-hydrogen) atoms. The molecular formula is C15H16F2O4. The van der Waals surface area contributed by atoms with E-state index in [2.05, 4.69) is 4.74 Å². The van der Waals surface area contributed by atoms with Crippen LogP contribution in [0.3, 0.4) is 0 Å². The lowest BCUT2D eigenvalue weighted by atomic mass is 9.95. The SMILES string of the molecule is CCOC(=O)[C@@H]1CC(=O)[C@H](c2ccccc2OC(F)F)C1. The van der Waals surface area contributed by atoms with Crippen molar-refractivity contribution < 1.29 is 27.8 Å². The Labute approximate surface area is 121 Å². The third kappa shape index (κ3) is 3.56. The molecular weight excluding hydrogens is 282 g/mol. The van der Waals surface area contributed by atoms with Crippen LogP contribution < -0.4 is 4.74 Å². The number of hydrogen-bond acceptors (Lipinski definition) is 4. The number of carbonyl (C=O) groups excluding carboxylic acids is 2. The van der Waals surface area contributed by atoms with Gasteiger partial charge in [-0.05, 0) is 19.4 Å². The zero-order chi connectivity index (χ0) is 15.4. The first-order valence-electron chi connectivity index (χ1n) is 6.76. The predicted octanol–water partition coefficient (Wildman–Crippen LogP) is 2.91. The zero-order valence-electron chi connectivity index (χ0n) is 11.6. The first kappa shape index (κ1) is 15.4. The average molecular weight is 298 g/mol. The molecule has 114 valence electrons. The van der Waals surface area contributed by atoms with Crippen molar-refractivity contribution in [3.63, 3.8) is 0 Å². The van der Waals surface area contributed by atoms with Gasteiger partial charge in [0.15, 0.2) is 0 Å². The van der Waals surface area contributed by atoms with Crippen LogP contribution in [-0.4, -0.2) is 25.0 Å². The van der Waals surface area contributed by atoms with E-state index < -0.39 is 24.4 Å². The summed E-state index contributed by atoms with van der Waals surface area (Å²) in [6.07, 6.45) is 0.341. The van der Waals surface area contributed by atoms with Crippen molar-refractivity contribution >= 4 is 11.8 Å². The molecule has 0 radical (unpaired) electrons. The fourth-order valence-electron chi connectivity index (χ4n) is 2.60. The summed E-state index contributed by atoms with van der Waals surface area (Å²) in [6, 6.07) is 6.18. The molecule has 1 aliphatic rings. The molecule has 0 heterocycles. The molecule has 6 heteroatoms. The van der Waals surface area contributed by atoms with Crippen molar-refractivity contribution in [1.82, 2.24) is 0 Å². The van der Waals surface area contributed by atoms with E-state index >= 15 is 0 Å². The van der Waals surface area contributed by atoms with Gasteiger partial charge >= 0.3 is 12.6 Å². The molecule has 1 aliphatic carbocycles. The molecule has 1 aromatic rings. The van der Waals surface area contributed by atoms with Crippen LogP contribution in [0.25, 0.3) is 0 Å². The maximum atomic E-state index is 12.4. The fourth-order valence-corrected chi connectivity index (χ4v) is 2.60. The van der Waals surface area contributed by atoms with Crippen LogP contribution >= 0.6 is 0 Å². The standard InChI is InChI=1S/C15H16F2O4/c1-2-20-14(19)9-7-11(12(18)8-9)10-5-3-4-6-13(10)21-15(16)17/h3-6,9,11,15H,2,7-8H2,1H3/t9-,11-/m0/s1. The van der Waals surface area contributed by atoms with E-state index in [4.69, 9.17) is 4.74 Å². The number of hydrogen-bond donors (Lipinski definition) is 0. The van der Waals surface area contributed by atoms with Gasteiger partial charge in [-0.3, -0.25) is 9.59 Å². The molecule has 2 rings (SSSR count). The molecule has 0 spiro atoms. The van der Waals surface area contributed by atoms with Gasteiger partial charge in [-0.2, -0.15) is 8.78 Å². The summed E-state index contributed by atoms with van der Waals surface area (Å²) in [5, 5.41) is 0. The van der Waals surface area contributed by atoms with Gasteiger partial charge in [0.25, 0.3) is 0 Å². The van der Waals surface area contributed by atoms with E-state index in [-0.39, 0.29) is 31.0 Å². The number of rotatable bonds is 5. The van der Waals surface area contributed by atoms with Gasteiger partial charge in [-0.1, -0.05) is 18.2 Å². The number of alkyl halides is 2. The lowest BCUT2D eigenvalue weighted by Crippen LogP contribution is -2.15. The Kier molecular flexibility index (Phi) is 4.88. The van der Waals surface area contributed by atoms with Gasteiger partial charge in [0, 0.05) is 17.9 Å². The van der Waals surface area contributed by atoms with E-state index in [9.17, 15) is 18.4 Å². The lowest BCUT2D eigenvalue weighted by molar-refractivity contribution is -0.148. The Morgan fingerprint density at radius 1 is 1.38 bits per heavy atom. The van der Waals surface area contributed by atoms with Crippen molar-refractivity contribution in [2.24, 2.45) is 5.92 Å². The molecule has 4 nitrogen and oxygen atoms in total. The van der Waals surface area contributed by atoms with E-state index in [1.807, 2.05) is 0 Å². The van der Waals surface area contributed by atoms with Crippen LogP contribution in [-0.2, 0) is 14.3 Å². The number of Topliss-reactive ketones (excluding diaryl/α,β-unsaturated/α-hetero) is 1. The van der Waals surface area contributed by atoms with Crippen molar-refractivity contribution in [2.45, 2.75) is 32.3 Å². The normalized spacial score (nSPS) is 21.6. The Morgan fingerprint density at radius 2 is 2.10 bits per heavy atom. The van der Waals surface area contributed by atoms with Crippen molar-refractivity contribution in [3.8, 4) is 5.75 Å². The quantitative estimate of drug-likeness (QED) is 0.784. The molecule has 0 aromatic heterocycles. The van der Waals surface area contributed by atoms with Gasteiger partial charge in [0.05, 0.1) is 12.5 Å². The minimum atomic E-state index is -2.96. The van der Waals surface area contributed by atoms with Crippen LogP contribution in [0.1, 0.15) is 31.2 Å². The molecule has 1 aromatic carbocycles. The fraction of sp³-hybridized carbons (Fsp3) is 0.467. The number of benzene rings is 1. The molecule has 0 N–H and O–H groups in total. The summed E-state index contributed by atoms with van der Waals surface area (Å²) in [7, 11) is 0. The molecule has 0 aliphatic heterocycles. The monoisotopic (exact) mass is 298 g/mol. The van der Waals surface area contributed by atoms with Crippen LogP contribution in [0.5, 0.6) is 5.75 Å². The Bertz CT molecular complexity index is 530. The first-order valence-corrected chi connectivity index (χ1v) is 6.76. The number of carbonyl (C=O) groups is 2.